The number of carbonyl (C=O) groups excluding carboxylic acids is 3. The molecule has 0 N–H and O–H groups in total. The molecule has 3 aromatic rings. The first-order valence-corrected chi connectivity index (χ1v) is 11.3. The molecule has 0 aliphatic carbocycles. The van der Waals surface area contributed by atoms with Gasteiger partial charge in [0.1, 0.15) is 6.04 Å². The molecule has 4 rings (SSSR count). The standard InChI is InChI=1S/C25H20BrClN2O3/c26-19-10-12-20(13-11-19)29-24(31)15-22(25(29)32)28(16-18-8-4-5-9-21(18)27)23(30)14-17-6-2-1-3-7-17/h1-13,22H,14-16H2. The minimum Gasteiger partial charge on any atom is -0.325 e. The molecule has 3 aromatic carbocycles. The molecule has 0 aromatic heterocycles. The van der Waals surface area contributed by atoms with E-state index in [1.165, 1.54) is 4.90 Å². The normalized spacial score (nSPS) is 15.8. The van der Waals surface area contributed by atoms with E-state index in [1.807, 2.05) is 48.5 Å². The average molecular weight is 512 g/mol. The van der Waals surface area contributed by atoms with E-state index in [9.17, 15) is 14.4 Å². The van der Waals surface area contributed by atoms with Crippen molar-refractivity contribution in [1.82, 2.24) is 4.90 Å². The molecule has 7 heteroatoms. The summed E-state index contributed by atoms with van der Waals surface area (Å²) in [5, 5.41) is 0.506. The molecule has 1 saturated heterocycles. The zero-order chi connectivity index (χ0) is 22.7. The van der Waals surface area contributed by atoms with Crippen molar-refractivity contribution in [2.24, 2.45) is 0 Å². The van der Waals surface area contributed by atoms with Crippen LogP contribution >= 0.6 is 27.5 Å². The number of halogens is 2. The number of carbonyl (C=O) groups is 3. The van der Waals surface area contributed by atoms with Gasteiger partial charge in [-0.15, -0.1) is 0 Å². The van der Waals surface area contributed by atoms with Gasteiger partial charge in [-0.05, 0) is 41.5 Å². The van der Waals surface area contributed by atoms with Crippen molar-refractivity contribution in [3.8, 4) is 0 Å². The van der Waals surface area contributed by atoms with Gasteiger partial charge in [0.25, 0.3) is 5.91 Å². The summed E-state index contributed by atoms with van der Waals surface area (Å²) < 4.78 is 0.843. The topological polar surface area (TPSA) is 57.7 Å². The highest BCUT2D eigenvalue weighted by molar-refractivity contribution is 9.10. The Morgan fingerprint density at radius 3 is 2.31 bits per heavy atom. The number of imide groups is 1. The number of hydrogen-bond acceptors (Lipinski definition) is 3. The van der Waals surface area contributed by atoms with Gasteiger partial charge in [-0.3, -0.25) is 14.4 Å². The van der Waals surface area contributed by atoms with Gasteiger partial charge in [0.05, 0.1) is 18.5 Å². The fourth-order valence-electron chi connectivity index (χ4n) is 3.78. The Bertz CT molecular complexity index is 1150. The third-order valence-electron chi connectivity index (χ3n) is 5.40. The van der Waals surface area contributed by atoms with E-state index in [2.05, 4.69) is 15.9 Å². The zero-order valence-corrected chi connectivity index (χ0v) is 19.4. The SMILES string of the molecule is O=C1CC(N(Cc2ccccc2Cl)C(=O)Cc2ccccc2)C(=O)N1c1ccc(Br)cc1. The second-order valence-corrected chi connectivity index (χ2v) is 8.86. The van der Waals surface area contributed by atoms with E-state index >= 15 is 0 Å². The molecule has 32 heavy (non-hydrogen) atoms. The number of amides is 3. The first-order chi connectivity index (χ1) is 15.4. The van der Waals surface area contributed by atoms with Crippen LogP contribution in [0, 0.1) is 0 Å². The molecule has 1 heterocycles. The van der Waals surface area contributed by atoms with Crippen LogP contribution in [0.1, 0.15) is 17.5 Å². The summed E-state index contributed by atoms with van der Waals surface area (Å²) in [6, 6.07) is 22.6. The third kappa shape index (κ3) is 4.76. The quantitative estimate of drug-likeness (QED) is 0.437. The summed E-state index contributed by atoms with van der Waals surface area (Å²) in [5.74, 6) is -0.982. The molecular formula is C25H20BrClN2O3. The van der Waals surface area contributed by atoms with Crippen LogP contribution in [0.5, 0.6) is 0 Å². The molecular weight excluding hydrogens is 492 g/mol. The van der Waals surface area contributed by atoms with E-state index in [0.717, 1.165) is 20.5 Å². The number of benzene rings is 3. The van der Waals surface area contributed by atoms with Crippen LogP contribution in [0.3, 0.4) is 0 Å². The fraction of sp³-hybridized carbons (Fsp3) is 0.160. The van der Waals surface area contributed by atoms with Crippen LogP contribution in [0.2, 0.25) is 5.02 Å². The van der Waals surface area contributed by atoms with Crippen LogP contribution in [-0.4, -0.2) is 28.7 Å². The molecule has 0 spiro atoms. The second-order valence-electron chi connectivity index (χ2n) is 7.54. The molecule has 0 radical (unpaired) electrons. The highest BCUT2D eigenvalue weighted by Crippen LogP contribution is 2.29. The maximum Gasteiger partial charge on any atom is 0.257 e. The van der Waals surface area contributed by atoms with Crippen molar-refractivity contribution >= 4 is 50.9 Å². The van der Waals surface area contributed by atoms with Crippen LogP contribution < -0.4 is 4.90 Å². The molecule has 1 atom stereocenters. The lowest BCUT2D eigenvalue weighted by Gasteiger charge is -2.28. The van der Waals surface area contributed by atoms with E-state index < -0.39 is 11.9 Å². The molecule has 1 aliphatic heterocycles. The lowest BCUT2D eigenvalue weighted by atomic mass is 10.1. The summed E-state index contributed by atoms with van der Waals surface area (Å²) in [5.41, 5.74) is 2.04. The van der Waals surface area contributed by atoms with Crippen molar-refractivity contribution in [3.05, 3.63) is 99.5 Å². The Labute approximate surface area is 199 Å². The summed E-state index contributed by atoms with van der Waals surface area (Å²) >= 11 is 9.70. The Hall–Kier alpha value is -2.96. The Kier molecular flexibility index (Phi) is 6.72. The monoisotopic (exact) mass is 510 g/mol. The molecule has 5 nitrogen and oxygen atoms in total. The summed E-state index contributed by atoms with van der Waals surface area (Å²) in [4.78, 5) is 42.1. The van der Waals surface area contributed by atoms with E-state index in [0.29, 0.717) is 10.7 Å². The van der Waals surface area contributed by atoms with Gasteiger partial charge in [-0.25, -0.2) is 4.90 Å². The Balaban J connectivity index is 1.65. The van der Waals surface area contributed by atoms with Crippen LogP contribution in [-0.2, 0) is 27.3 Å². The van der Waals surface area contributed by atoms with Crippen molar-refractivity contribution in [1.29, 1.82) is 0 Å². The van der Waals surface area contributed by atoms with Gasteiger partial charge in [0.15, 0.2) is 0 Å². The summed E-state index contributed by atoms with van der Waals surface area (Å²) in [6.07, 6.45) is 0.0570. The maximum absolute atomic E-state index is 13.3. The number of rotatable bonds is 6. The molecule has 0 saturated carbocycles. The van der Waals surface area contributed by atoms with Crippen LogP contribution in [0.15, 0.2) is 83.3 Å². The van der Waals surface area contributed by atoms with Gasteiger partial charge < -0.3 is 4.90 Å². The van der Waals surface area contributed by atoms with Gasteiger partial charge in [-0.2, -0.15) is 0 Å². The molecule has 1 fully saturated rings. The van der Waals surface area contributed by atoms with Crippen molar-refractivity contribution in [3.63, 3.8) is 0 Å². The van der Waals surface area contributed by atoms with Gasteiger partial charge in [0.2, 0.25) is 11.8 Å². The lowest BCUT2D eigenvalue weighted by molar-refractivity contribution is -0.138. The smallest absolute Gasteiger partial charge is 0.257 e. The van der Waals surface area contributed by atoms with Crippen molar-refractivity contribution < 1.29 is 14.4 Å². The molecule has 3 amide bonds. The van der Waals surface area contributed by atoms with Gasteiger partial charge in [0, 0.05) is 16.0 Å². The second kappa shape index (κ2) is 9.67. The molecule has 0 bridgehead atoms. The molecule has 162 valence electrons. The lowest BCUT2D eigenvalue weighted by Crippen LogP contribution is -2.45. The van der Waals surface area contributed by atoms with Gasteiger partial charge in [-0.1, -0.05) is 76.1 Å². The third-order valence-corrected chi connectivity index (χ3v) is 6.30. The zero-order valence-electron chi connectivity index (χ0n) is 17.1. The molecule has 1 unspecified atom stereocenters. The van der Waals surface area contributed by atoms with Crippen molar-refractivity contribution in [2.45, 2.75) is 25.4 Å². The van der Waals surface area contributed by atoms with Crippen molar-refractivity contribution in [2.75, 3.05) is 4.90 Å². The maximum atomic E-state index is 13.3. The number of nitrogens with zero attached hydrogens (tertiary/aromatic N) is 2. The Morgan fingerprint density at radius 2 is 1.62 bits per heavy atom. The highest BCUT2D eigenvalue weighted by atomic mass is 79.9. The summed E-state index contributed by atoms with van der Waals surface area (Å²) in [7, 11) is 0. The minimum absolute atomic E-state index is 0.0696. The number of hydrogen-bond donors (Lipinski definition) is 0. The first-order valence-electron chi connectivity index (χ1n) is 10.1. The largest absolute Gasteiger partial charge is 0.325 e. The van der Waals surface area contributed by atoms with Gasteiger partial charge >= 0.3 is 0 Å². The predicted octanol–water partition coefficient (Wildman–Crippen LogP) is 5.01. The summed E-state index contributed by atoms with van der Waals surface area (Å²) in [6.45, 7) is 0.142. The number of anilines is 1. The predicted molar refractivity (Wildman–Crippen MR) is 127 cm³/mol. The van der Waals surface area contributed by atoms with E-state index in [4.69, 9.17) is 11.6 Å². The van der Waals surface area contributed by atoms with E-state index in [1.54, 1.807) is 30.3 Å². The van der Waals surface area contributed by atoms with Crippen LogP contribution in [0.25, 0.3) is 0 Å². The Morgan fingerprint density at radius 1 is 0.969 bits per heavy atom. The first kappa shape index (κ1) is 22.2. The molecule has 1 aliphatic rings. The van der Waals surface area contributed by atoms with Crippen LogP contribution in [0.4, 0.5) is 5.69 Å². The highest BCUT2D eigenvalue weighted by Gasteiger charge is 2.44. The average Bonchev–Trinajstić information content (AvgIpc) is 3.08. The minimum atomic E-state index is -0.890. The fourth-order valence-corrected chi connectivity index (χ4v) is 4.24. The van der Waals surface area contributed by atoms with E-state index in [-0.39, 0.29) is 31.2 Å².